The van der Waals surface area contributed by atoms with Crippen LogP contribution in [0.2, 0.25) is 0 Å². The van der Waals surface area contributed by atoms with Crippen LogP contribution in [0.4, 0.5) is 0 Å². The number of alkyl halides is 2. The maximum atomic E-state index is 2.61. The van der Waals surface area contributed by atoms with Gasteiger partial charge in [0.2, 0.25) is 0 Å². The van der Waals surface area contributed by atoms with Crippen LogP contribution >= 0.6 is 45.2 Å². The zero-order chi connectivity index (χ0) is 25.7. The Bertz CT molecular complexity index is 1840. The van der Waals surface area contributed by atoms with Gasteiger partial charge >= 0.3 is 0 Å². The highest BCUT2D eigenvalue weighted by molar-refractivity contribution is 14.2. The largest absolute Gasteiger partial charge is 0.0761 e. The number of hydrogen-bond acceptors (Lipinski definition) is 0. The lowest BCUT2D eigenvalue weighted by molar-refractivity contribution is 0.591. The zero-order valence-corrected chi connectivity index (χ0v) is 25.8. The highest BCUT2D eigenvalue weighted by Gasteiger charge is 2.43. The Labute approximate surface area is 246 Å². The van der Waals surface area contributed by atoms with Crippen LogP contribution in [0.25, 0.3) is 54.6 Å². The third kappa shape index (κ3) is 3.37. The van der Waals surface area contributed by atoms with E-state index in [0.29, 0.717) is 1.93 Å². The van der Waals surface area contributed by atoms with Crippen molar-refractivity contribution < 1.29 is 0 Å². The van der Waals surface area contributed by atoms with Crippen molar-refractivity contribution >= 4 is 77.5 Å². The Morgan fingerprint density at radius 3 is 1.97 bits per heavy atom. The van der Waals surface area contributed by atoms with Gasteiger partial charge < -0.3 is 0 Å². The van der Waals surface area contributed by atoms with Crippen molar-refractivity contribution in [3.63, 3.8) is 0 Å². The lowest BCUT2D eigenvalue weighted by Crippen LogP contribution is -2.27. The minimum Gasteiger partial charge on any atom is -0.0696 e. The normalized spacial score (nSPS) is 17.3. The molecule has 0 spiro atoms. The van der Waals surface area contributed by atoms with Crippen molar-refractivity contribution in [1.29, 1.82) is 0 Å². The van der Waals surface area contributed by atoms with Crippen LogP contribution in [0.5, 0.6) is 0 Å². The molecule has 0 N–H and O–H groups in total. The fourth-order valence-corrected chi connectivity index (χ4v) is 7.77. The van der Waals surface area contributed by atoms with Crippen LogP contribution in [0.1, 0.15) is 44.4 Å². The predicted octanol–water partition coefficient (Wildman–Crippen LogP) is 11.0. The number of rotatable bonds is 2. The summed E-state index contributed by atoms with van der Waals surface area (Å²) >= 11 is 5.22. The summed E-state index contributed by atoms with van der Waals surface area (Å²) < 4.78 is 0.443. The molecule has 182 valence electrons. The van der Waals surface area contributed by atoms with Crippen molar-refractivity contribution in [2.24, 2.45) is 0 Å². The lowest BCUT2D eigenvalue weighted by Gasteiger charge is -2.30. The van der Waals surface area contributed by atoms with E-state index in [2.05, 4.69) is 164 Å². The van der Waals surface area contributed by atoms with Gasteiger partial charge in [0.1, 0.15) is 0 Å². The molecule has 1 unspecified atom stereocenters. The molecule has 0 bridgehead atoms. The molecule has 6 aromatic rings. The molecule has 0 saturated heterocycles. The van der Waals surface area contributed by atoms with Crippen LogP contribution in [0, 0.1) is 0 Å². The van der Waals surface area contributed by atoms with Crippen molar-refractivity contribution in [3.05, 3.63) is 108 Å². The molecule has 0 aromatic heterocycles. The molecular weight excluding hydrogens is 674 g/mol. The van der Waals surface area contributed by atoms with Gasteiger partial charge in [-0.3, -0.25) is 0 Å². The van der Waals surface area contributed by atoms with Crippen LogP contribution < -0.4 is 0 Å². The first-order valence-electron chi connectivity index (χ1n) is 12.9. The smallest absolute Gasteiger partial charge is 0.0696 e. The summed E-state index contributed by atoms with van der Waals surface area (Å²) in [4.78, 5) is 0. The molecule has 0 nitrogen and oxygen atoms in total. The van der Waals surface area contributed by atoms with Gasteiger partial charge in [0.15, 0.2) is 0 Å². The van der Waals surface area contributed by atoms with Gasteiger partial charge in [0, 0.05) is 5.41 Å². The van der Waals surface area contributed by atoms with Crippen molar-refractivity contribution in [3.8, 4) is 22.3 Å². The molecule has 6 aromatic carbocycles. The maximum Gasteiger partial charge on any atom is 0.0761 e. The Kier molecular flexibility index (Phi) is 5.27. The monoisotopic (exact) mass is 702 g/mol. The molecule has 2 heteroatoms. The van der Waals surface area contributed by atoms with Gasteiger partial charge in [0.25, 0.3) is 0 Å². The summed E-state index contributed by atoms with van der Waals surface area (Å²) in [6.45, 7) is 9.32. The lowest BCUT2D eigenvalue weighted by atomic mass is 9.80. The highest BCUT2D eigenvalue weighted by Crippen LogP contribution is 2.55. The molecular formula is C35H28I2. The molecule has 1 aliphatic rings. The summed E-state index contributed by atoms with van der Waals surface area (Å²) in [6.07, 6.45) is 0. The number of hydrogen-bond donors (Lipinski definition) is 0. The first kappa shape index (κ1) is 23.9. The van der Waals surface area contributed by atoms with E-state index in [1.807, 2.05) is 0 Å². The average molecular weight is 702 g/mol. The molecule has 7 rings (SSSR count). The third-order valence-corrected chi connectivity index (χ3v) is 11.1. The van der Waals surface area contributed by atoms with Crippen LogP contribution in [0.3, 0.4) is 0 Å². The minimum absolute atomic E-state index is 0.0177. The van der Waals surface area contributed by atoms with Crippen LogP contribution in [-0.2, 0) is 10.8 Å². The molecule has 0 fully saturated rings. The Balaban J connectivity index is 1.49. The average Bonchev–Trinajstić information content (AvgIpc) is 3.15. The van der Waals surface area contributed by atoms with Crippen molar-refractivity contribution in [2.75, 3.05) is 0 Å². The molecule has 1 aliphatic carbocycles. The quantitative estimate of drug-likeness (QED) is 0.0958. The number of fused-ring (bicyclic) bond motifs is 3. The number of benzene rings is 6. The Morgan fingerprint density at radius 1 is 0.622 bits per heavy atom. The fourth-order valence-electron chi connectivity index (χ4n) is 6.43. The topological polar surface area (TPSA) is 0 Å². The van der Waals surface area contributed by atoms with Crippen LogP contribution in [-0.4, -0.2) is 1.93 Å². The Hall–Kier alpha value is -2.18. The van der Waals surface area contributed by atoms with E-state index in [1.54, 1.807) is 0 Å². The highest BCUT2D eigenvalue weighted by atomic mass is 127. The summed E-state index contributed by atoms with van der Waals surface area (Å²) in [6, 6.07) is 34.9. The molecule has 0 aliphatic heterocycles. The van der Waals surface area contributed by atoms with Crippen LogP contribution in [0.15, 0.2) is 91.0 Å². The second kappa shape index (κ2) is 8.16. The summed E-state index contributed by atoms with van der Waals surface area (Å²) in [5, 5.41) is 8.12. The van der Waals surface area contributed by atoms with Gasteiger partial charge in [-0.15, -0.1) is 0 Å². The molecule has 0 heterocycles. The Morgan fingerprint density at radius 2 is 1.24 bits per heavy atom. The van der Waals surface area contributed by atoms with Gasteiger partial charge in [-0.2, -0.15) is 0 Å². The predicted molar refractivity (Wildman–Crippen MR) is 178 cm³/mol. The molecule has 0 saturated carbocycles. The van der Waals surface area contributed by atoms with Gasteiger partial charge in [-0.25, -0.2) is 0 Å². The minimum atomic E-state index is -0.0177. The van der Waals surface area contributed by atoms with E-state index in [9.17, 15) is 0 Å². The molecule has 37 heavy (non-hydrogen) atoms. The van der Waals surface area contributed by atoms with E-state index >= 15 is 0 Å². The number of halogens is 2. The van der Waals surface area contributed by atoms with Gasteiger partial charge in [0.05, 0.1) is 1.93 Å². The van der Waals surface area contributed by atoms with E-state index in [4.69, 9.17) is 0 Å². The fraction of sp³-hybridized carbons (Fsp3) is 0.200. The van der Waals surface area contributed by atoms with Crippen molar-refractivity contribution in [1.82, 2.24) is 0 Å². The molecule has 0 radical (unpaired) electrons. The maximum absolute atomic E-state index is 2.61. The second-order valence-electron chi connectivity index (χ2n) is 11.7. The second-order valence-corrected chi connectivity index (χ2v) is 16.6. The first-order valence-corrected chi connectivity index (χ1v) is 15.4. The van der Waals surface area contributed by atoms with Gasteiger partial charge in [-0.05, 0) is 89.7 Å². The van der Waals surface area contributed by atoms with Crippen molar-refractivity contribution in [2.45, 2.75) is 40.5 Å². The third-order valence-electron chi connectivity index (χ3n) is 8.57. The van der Waals surface area contributed by atoms with E-state index < -0.39 is 0 Å². The van der Waals surface area contributed by atoms with E-state index in [-0.39, 0.29) is 10.8 Å². The molecule has 0 amide bonds. The SMILES string of the molecule is CC(C)(C)c1cc2ccc3ccc(-c4ccc5c(c4)C(C)(C(I)I)c4ccccc4-5)c4ccc(c1)c2c34. The summed E-state index contributed by atoms with van der Waals surface area (Å²) in [5.74, 6) is 0. The molecule has 1 atom stereocenters. The first-order chi connectivity index (χ1) is 17.7. The zero-order valence-electron chi connectivity index (χ0n) is 21.5. The summed E-state index contributed by atoms with van der Waals surface area (Å²) in [5.41, 5.74) is 9.78. The van der Waals surface area contributed by atoms with E-state index in [1.165, 1.54) is 71.3 Å². The standard InChI is InChI=1S/C35H28I2/c1-34(2,3)24-17-22-10-9-20-11-14-25(28-16-13-23(18-24)31(22)32(20)28)21-12-15-27-26-7-5-6-8-29(26)35(4,33(36)37)30(27)19-21/h5-19,33H,1-4H3. The summed E-state index contributed by atoms with van der Waals surface area (Å²) in [7, 11) is 0. The van der Waals surface area contributed by atoms with Gasteiger partial charge in [-0.1, -0.05) is 151 Å². The van der Waals surface area contributed by atoms with E-state index in [0.717, 1.165) is 0 Å².